The van der Waals surface area contributed by atoms with Gasteiger partial charge in [-0.2, -0.15) is 0 Å². The molecule has 0 spiro atoms. The minimum atomic E-state index is 0.292. The average Bonchev–Trinajstić information content (AvgIpc) is 3.37. The van der Waals surface area contributed by atoms with Crippen molar-refractivity contribution >= 4 is 5.96 Å². The molecule has 0 aromatic carbocycles. The number of aliphatic imine (C=N–C) groups is 1. The van der Waals surface area contributed by atoms with Crippen molar-refractivity contribution in [2.75, 3.05) is 26.2 Å². The van der Waals surface area contributed by atoms with E-state index in [-0.39, 0.29) is 0 Å². The molecule has 1 saturated heterocycles. The van der Waals surface area contributed by atoms with Crippen molar-refractivity contribution in [1.82, 2.24) is 30.1 Å². The summed E-state index contributed by atoms with van der Waals surface area (Å²) < 4.78 is 1.92. The summed E-state index contributed by atoms with van der Waals surface area (Å²) in [6.45, 7) is 7.10. The minimum absolute atomic E-state index is 0.292. The van der Waals surface area contributed by atoms with Crippen LogP contribution in [0.25, 0.3) is 5.82 Å². The molecule has 4 rings (SSSR count). The fourth-order valence-corrected chi connectivity index (χ4v) is 5.04. The Balaban J connectivity index is 1.43. The third-order valence-electron chi connectivity index (χ3n) is 6.74. The third-order valence-corrected chi connectivity index (χ3v) is 6.74. The standard InChI is InChI=1S/C24H37N7/c1-2-26-23(28-18-21-9-12-27-22(17-21)30-16-13-25-20-30)29-19-24(10-5-3-6-11-24)31-14-7-4-8-15-31/h9,12-13,16-17,20H,2-8,10-11,14-15,18-19H2,1H3,(H2,26,28,29). The second kappa shape index (κ2) is 10.8. The van der Waals surface area contributed by atoms with E-state index in [9.17, 15) is 0 Å². The summed E-state index contributed by atoms with van der Waals surface area (Å²) in [7, 11) is 0. The third kappa shape index (κ3) is 5.64. The summed E-state index contributed by atoms with van der Waals surface area (Å²) in [5, 5.41) is 7.15. The number of piperidine rings is 1. The molecule has 0 atom stereocenters. The molecule has 31 heavy (non-hydrogen) atoms. The molecule has 0 bridgehead atoms. The van der Waals surface area contributed by atoms with Crippen molar-refractivity contribution in [2.45, 2.75) is 70.4 Å². The lowest BCUT2D eigenvalue weighted by Gasteiger charge is -2.48. The van der Waals surface area contributed by atoms with E-state index in [4.69, 9.17) is 4.99 Å². The predicted octanol–water partition coefficient (Wildman–Crippen LogP) is 3.51. The molecule has 3 heterocycles. The van der Waals surface area contributed by atoms with E-state index >= 15 is 0 Å². The zero-order valence-electron chi connectivity index (χ0n) is 18.9. The van der Waals surface area contributed by atoms with Crippen molar-refractivity contribution in [3.8, 4) is 5.82 Å². The Labute approximate surface area is 186 Å². The van der Waals surface area contributed by atoms with Crippen molar-refractivity contribution in [3.05, 3.63) is 42.6 Å². The number of nitrogens with zero attached hydrogens (tertiary/aromatic N) is 5. The van der Waals surface area contributed by atoms with Gasteiger partial charge in [-0.15, -0.1) is 0 Å². The molecule has 2 aliphatic rings. The summed E-state index contributed by atoms with van der Waals surface area (Å²) in [5.74, 6) is 1.78. The van der Waals surface area contributed by atoms with Gasteiger partial charge < -0.3 is 10.6 Å². The number of guanidine groups is 1. The lowest BCUT2D eigenvalue weighted by Crippen LogP contribution is -2.59. The topological polar surface area (TPSA) is 70.4 Å². The number of likely N-dealkylation sites (tertiary alicyclic amines) is 1. The minimum Gasteiger partial charge on any atom is -0.357 e. The fourth-order valence-electron chi connectivity index (χ4n) is 5.04. The van der Waals surface area contributed by atoms with Gasteiger partial charge in [-0.05, 0) is 63.4 Å². The molecule has 7 heteroatoms. The Hall–Kier alpha value is -2.41. The predicted molar refractivity (Wildman–Crippen MR) is 125 cm³/mol. The van der Waals surface area contributed by atoms with Gasteiger partial charge in [0.15, 0.2) is 5.96 Å². The number of rotatable bonds is 7. The largest absolute Gasteiger partial charge is 0.357 e. The molecule has 1 aliphatic heterocycles. The Morgan fingerprint density at radius 2 is 1.87 bits per heavy atom. The Bertz CT molecular complexity index is 818. The zero-order chi connectivity index (χ0) is 21.4. The molecule has 7 nitrogen and oxygen atoms in total. The summed E-state index contributed by atoms with van der Waals surface area (Å²) in [6, 6.07) is 4.11. The highest BCUT2D eigenvalue weighted by Gasteiger charge is 2.38. The summed E-state index contributed by atoms with van der Waals surface area (Å²) in [6.07, 6.45) is 18.0. The molecule has 0 radical (unpaired) electrons. The first-order valence-corrected chi connectivity index (χ1v) is 12.0. The smallest absolute Gasteiger partial charge is 0.191 e. The van der Waals surface area contributed by atoms with Crippen LogP contribution in [0.1, 0.15) is 63.9 Å². The van der Waals surface area contributed by atoms with Crippen LogP contribution in [0.15, 0.2) is 42.0 Å². The van der Waals surface area contributed by atoms with Gasteiger partial charge in [-0.25, -0.2) is 15.0 Å². The first-order valence-electron chi connectivity index (χ1n) is 12.0. The molecule has 0 amide bonds. The number of aromatic nitrogens is 3. The second-order valence-electron chi connectivity index (χ2n) is 8.87. The number of nitrogens with one attached hydrogen (secondary N) is 2. The maximum atomic E-state index is 4.89. The van der Waals surface area contributed by atoms with Gasteiger partial charge in [-0.1, -0.05) is 25.7 Å². The van der Waals surface area contributed by atoms with E-state index in [0.29, 0.717) is 12.1 Å². The van der Waals surface area contributed by atoms with E-state index in [1.54, 1.807) is 12.5 Å². The van der Waals surface area contributed by atoms with Crippen LogP contribution in [0, 0.1) is 0 Å². The van der Waals surface area contributed by atoms with Crippen molar-refractivity contribution in [1.29, 1.82) is 0 Å². The average molecular weight is 424 g/mol. The normalized spacial score (nSPS) is 19.8. The maximum Gasteiger partial charge on any atom is 0.191 e. The van der Waals surface area contributed by atoms with Gasteiger partial charge in [0.05, 0.1) is 6.54 Å². The summed E-state index contributed by atoms with van der Waals surface area (Å²) in [5.41, 5.74) is 1.43. The van der Waals surface area contributed by atoms with Gasteiger partial charge in [0, 0.05) is 37.2 Å². The monoisotopic (exact) mass is 423 g/mol. The van der Waals surface area contributed by atoms with Gasteiger partial charge in [0.2, 0.25) is 0 Å². The highest BCUT2D eigenvalue weighted by molar-refractivity contribution is 5.79. The van der Waals surface area contributed by atoms with E-state index in [2.05, 4.69) is 38.5 Å². The highest BCUT2D eigenvalue weighted by atomic mass is 15.3. The van der Waals surface area contributed by atoms with Crippen molar-refractivity contribution in [3.63, 3.8) is 0 Å². The van der Waals surface area contributed by atoms with Crippen LogP contribution < -0.4 is 10.6 Å². The molecular formula is C24H37N7. The van der Waals surface area contributed by atoms with Crippen LogP contribution in [0.5, 0.6) is 0 Å². The molecule has 2 aromatic heterocycles. The number of hydrogen-bond donors (Lipinski definition) is 2. The Morgan fingerprint density at radius 1 is 1.06 bits per heavy atom. The second-order valence-corrected chi connectivity index (χ2v) is 8.87. The van der Waals surface area contributed by atoms with Crippen molar-refractivity contribution < 1.29 is 0 Å². The van der Waals surface area contributed by atoms with Crippen LogP contribution in [0.2, 0.25) is 0 Å². The molecule has 2 fully saturated rings. The SMILES string of the molecule is CCNC(=NCc1ccnc(-n2ccnc2)c1)NCC1(N2CCCCC2)CCCCC1. The van der Waals surface area contributed by atoms with E-state index in [1.807, 2.05) is 23.0 Å². The number of imidazole rings is 1. The van der Waals surface area contributed by atoms with Gasteiger partial charge in [-0.3, -0.25) is 9.47 Å². The lowest BCUT2D eigenvalue weighted by atomic mass is 9.79. The Morgan fingerprint density at radius 3 is 2.61 bits per heavy atom. The van der Waals surface area contributed by atoms with Crippen LogP contribution >= 0.6 is 0 Å². The number of pyridine rings is 1. The van der Waals surface area contributed by atoms with E-state index in [0.717, 1.165) is 30.4 Å². The molecular weight excluding hydrogens is 386 g/mol. The molecule has 1 saturated carbocycles. The summed E-state index contributed by atoms with van der Waals surface area (Å²) >= 11 is 0. The molecule has 1 aliphatic carbocycles. The molecule has 2 aromatic rings. The van der Waals surface area contributed by atoms with E-state index in [1.165, 1.54) is 64.5 Å². The Kier molecular flexibility index (Phi) is 7.57. The quantitative estimate of drug-likeness (QED) is 0.527. The molecule has 2 N–H and O–H groups in total. The zero-order valence-corrected chi connectivity index (χ0v) is 18.9. The van der Waals surface area contributed by atoms with Gasteiger partial charge in [0.1, 0.15) is 12.1 Å². The molecule has 0 unspecified atom stereocenters. The van der Waals surface area contributed by atoms with Gasteiger partial charge >= 0.3 is 0 Å². The lowest BCUT2D eigenvalue weighted by molar-refractivity contribution is 0.0368. The number of hydrogen-bond acceptors (Lipinski definition) is 4. The summed E-state index contributed by atoms with van der Waals surface area (Å²) in [4.78, 5) is 16.2. The first-order chi connectivity index (χ1) is 15.3. The molecule has 168 valence electrons. The van der Waals surface area contributed by atoms with Crippen LogP contribution in [-0.4, -0.2) is 57.1 Å². The van der Waals surface area contributed by atoms with Crippen molar-refractivity contribution in [2.24, 2.45) is 4.99 Å². The van der Waals surface area contributed by atoms with Crippen LogP contribution in [-0.2, 0) is 6.54 Å². The first kappa shape index (κ1) is 21.8. The maximum absolute atomic E-state index is 4.89. The highest BCUT2D eigenvalue weighted by Crippen LogP contribution is 2.35. The fraction of sp³-hybridized carbons (Fsp3) is 0.625. The van der Waals surface area contributed by atoms with E-state index < -0.39 is 0 Å². The van der Waals surface area contributed by atoms with Crippen LogP contribution in [0.4, 0.5) is 0 Å². The van der Waals surface area contributed by atoms with Gasteiger partial charge in [0.25, 0.3) is 0 Å². The van der Waals surface area contributed by atoms with Crippen LogP contribution in [0.3, 0.4) is 0 Å².